The molecule has 0 spiro atoms. The highest BCUT2D eigenvalue weighted by molar-refractivity contribution is 5.25. The van der Waals surface area contributed by atoms with E-state index in [1.807, 2.05) is 6.26 Å². The van der Waals surface area contributed by atoms with Gasteiger partial charge in [0.1, 0.15) is 5.76 Å². The van der Waals surface area contributed by atoms with Gasteiger partial charge in [-0.3, -0.25) is 0 Å². The van der Waals surface area contributed by atoms with Crippen molar-refractivity contribution in [3.05, 3.63) is 23.7 Å². The first-order valence-electron chi connectivity index (χ1n) is 8.47. The summed E-state index contributed by atoms with van der Waals surface area (Å²) < 4.78 is 5.62. The van der Waals surface area contributed by atoms with Crippen molar-refractivity contribution in [3.8, 4) is 0 Å². The summed E-state index contributed by atoms with van der Waals surface area (Å²) in [5, 5.41) is 3.82. The molecule has 4 aliphatic carbocycles. The largest absolute Gasteiger partial charge is 0.469 e. The van der Waals surface area contributed by atoms with E-state index in [1.54, 1.807) is 0 Å². The van der Waals surface area contributed by atoms with Gasteiger partial charge in [-0.2, -0.15) is 0 Å². The van der Waals surface area contributed by atoms with Crippen molar-refractivity contribution in [1.82, 2.24) is 5.32 Å². The van der Waals surface area contributed by atoms with Gasteiger partial charge in [0.05, 0.1) is 6.26 Å². The summed E-state index contributed by atoms with van der Waals surface area (Å²) in [6.07, 6.45) is 10.8. The summed E-state index contributed by atoms with van der Waals surface area (Å²) >= 11 is 0. The smallest absolute Gasteiger partial charge is 0.105 e. The molecule has 4 aliphatic rings. The van der Waals surface area contributed by atoms with Crippen molar-refractivity contribution in [2.24, 2.45) is 23.2 Å². The Morgan fingerprint density at radius 2 is 1.80 bits per heavy atom. The highest BCUT2D eigenvalue weighted by atomic mass is 16.3. The van der Waals surface area contributed by atoms with Crippen molar-refractivity contribution in [3.63, 3.8) is 0 Å². The number of hydrogen-bond acceptors (Lipinski definition) is 2. The second-order valence-corrected chi connectivity index (χ2v) is 7.70. The number of hydrogen-bond donors (Lipinski definition) is 1. The van der Waals surface area contributed by atoms with Gasteiger partial charge in [0, 0.05) is 11.6 Å². The maximum absolute atomic E-state index is 5.62. The molecule has 0 aliphatic heterocycles. The van der Waals surface area contributed by atoms with Gasteiger partial charge in [-0.15, -0.1) is 0 Å². The standard InChI is InChI=1S/C18H27NO/c1-3-19-17(16-4-5-20-12(16)2)18-9-13-6-14(10-18)8-15(7-13)11-18/h4-5,13-15,17,19H,3,6-11H2,1-2H3. The van der Waals surface area contributed by atoms with Crippen LogP contribution in [-0.4, -0.2) is 6.54 Å². The van der Waals surface area contributed by atoms with E-state index < -0.39 is 0 Å². The Balaban J connectivity index is 1.71. The molecule has 1 unspecified atom stereocenters. The van der Waals surface area contributed by atoms with E-state index >= 15 is 0 Å². The molecule has 4 bridgehead atoms. The monoisotopic (exact) mass is 273 g/mol. The molecule has 0 saturated heterocycles. The molecule has 20 heavy (non-hydrogen) atoms. The van der Waals surface area contributed by atoms with Gasteiger partial charge in [0.25, 0.3) is 0 Å². The van der Waals surface area contributed by atoms with Crippen molar-refractivity contribution in [1.29, 1.82) is 0 Å². The summed E-state index contributed by atoms with van der Waals surface area (Å²) in [6.45, 7) is 5.42. The highest BCUT2D eigenvalue weighted by Crippen LogP contribution is 2.64. The maximum atomic E-state index is 5.62. The first-order chi connectivity index (χ1) is 9.70. The molecule has 1 atom stereocenters. The Hall–Kier alpha value is -0.760. The first-order valence-corrected chi connectivity index (χ1v) is 8.47. The molecule has 0 radical (unpaired) electrons. The van der Waals surface area contributed by atoms with Gasteiger partial charge in [-0.25, -0.2) is 0 Å². The SMILES string of the molecule is CCNC(c1ccoc1C)C12CC3CC(CC(C3)C1)C2. The lowest BCUT2D eigenvalue weighted by Gasteiger charge is -2.59. The van der Waals surface area contributed by atoms with Gasteiger partial charge in [0.15, 0.2) is 0 Å². The van der Waals surface area contributed by atoms with E-state index in [1.165, 1.54) is 44.1 Å². The fourth-order valence-electron chi connectivity index (χ4n) is 6.09. The maximum Gasteiger partial charge on any atom is 0.105 e. The quantitative estimate of drug-likeness (QED) is 0.876. The molecule has 5 rings (SSSR count). The fraction of sp³-hybridized carbons (Fsp3) is 0.778. The van der Waals surface area contributed by atoms with Crippen LogP contribution >= 0.6 is 0 Å². The van der Waals surface area contributed by atoms with Crippen molar-refractivity contribution in [2.45, 2.75) is 58.4 Å². The average Bonchev–Trinajstić information content (AvgIpc) is 2.80. The summed E-state index contributed by atoms with van der Waals surface area (Å²) in [4.78, 5) is 0. The van der Waals surface area contributed by atoms with E-state index in [9.17, 15) is 0 Å². The van der Waals surface area contributed by atoms with Crippen LogP contribution in [0.1, 0.15) is 62.8 Å². The predicted molar refractivity (Wildman–Crippen MR) is 80.5 cm³/mol. The Morgan fingerprint density at radius 1 is 1.20 bits per heavy atom. The van der Waals surface area contributed by atoms with Crippen LogP contribution < -0.4 is 5.32 Å². The number of nitrogens with one attached hydrogen (secondary N) is 1. The molecule has 2 nitrogen and oxygen atoms in total. The Kier molecular flexibility index (Phi) is 2.99. The lowest BCUT2D eigenvalue weighted by molar-refractivity contribution is -0.0748. The van der Waals surface area contributed by atoms with Crippen LogP contribution in [0.3, 0.4) is 0 Å². The van der Waals surface area contributed by atoms with E-state index in [4.69, 9.17) is 4.42 Å². The summed E-state index contributed by atoms with van der Waals surface area (Å²) in [5.74, 6) is 4.14. The third kappa shape index (κ3) is 1.88. The molecular weight excluding hydrogens is 246 g/mol. The van der Waals surface area contributed by atoms with Crippen LogP contribution in [0.5, 0.6) is 0 Å². The lowest BCUT2D eigenvalue weighted by atomic mass is 9.47. The topological polar surface area (TPSA) is 25.2 Å². The lowest BCUT2D eigenvalue weighted by Crippen LogP contribution is -2.52. The van der Waals surface area contributed by atoms with Crippen LogP contribution in [0.2, 0.25) is 0 Å². The average molecular weight is 273 g/mol. The summed E-state index contributed by atoms with van der Waals surface area (Å²) in [5.41, 5.74) is 1.94. The Bertz CT molecular complexity index is 454. The molecule has 1 heterocycles. The first kappa shape index (κ1) is 12.9. The van der Waals surface area contributed by atoms with E-state index in [-0.39, 0.29) is 0 Å². The normalized spacial score (nSPS) is 40.2. The summed E-state index contributed by atoms with van der Waals surface area (Å²) in [6, 6.07) is 2.72. The molecule has 0 amide bonds. The Morgan fingerprint density at radius 3 is 2.25 bits per heavy atom. The van der Waals surface area contributed by atoms with E-state index in [0.29, 0.717) is 11.5 Å². The van der Waals surface area contributed by atoms with Gasteiger partial charge in [-0.05, 0) is 81.2 Å². The predicted octanol–water partition coefficient (Wildman–Crippen LogP) is 4.46. The molecule has 0 aromatic carbocycles. The van der Waals surface area contributed by atoms with Crippen LogP contribution in [0.15, 0.2) is 16.7 Å². The molecule has 4 saturated carbocycles. The second-order valence-electron chi connectivity index (χ2n) is 7.70. The highest BCUT2D eigenvalue weighted by Gasteiger charge is 2.54. The molecule has 1 N–H and O–H groups in total. The van der Waals surface area contributed by atoms with Crippen LogP contribution in [0.4, 0.5) is 0 Å². The third-order valence-electron chi connectivity index (χ3n) is 6.32. The number of furan rings is 1. The van der Waals surface area contributed by atoms with Crippen LogP contribution in [0, 0.1) is 30.1 Å². The van der Waals surface area contributed by atoms with Gasteiger partial charge in [-0.1, -0.05) is 6.92 Å². The van der Waals surface area contributed by atoms with Gasteiger partial charge in [0.2, 0.25) is 0 Å². The zero-order chi connectivity index (χ0) is 13.7. The molecular formula is C18H27NO. The molecule has 4 fully saturated rings. The van der Waals surface area contributed by atoms with E-state index in [0.717, 1.165) is 30.1 Å². The Labute approximate surface area is 122 Å². The minimum atomic E-state index is 0.513. The minimum absolute atomic E-state index is 0.513. The van der Waals surface area contributed by atoms with E-state index in [2.05, 4.69) is 25.2 Å². The van der Waals surface area contributed by atoms with Gasteiger partial charge >= 0.3 is 0 Å². The van der Waals surface area contributed by atoms with Crippen LogP contribution in [0.25, 0.3) is 0 Å². The fourth-order valence-corrected chi connectivity index (χ4v) is 6.09. The molecule has 2 heteroatoms. The third-order valence-corrected chi connectivity index (χ3v) is 6.32. The van der Waals surface area contributed by atoms with Crippen molar-refractivity contribution in [2.75, 3.05) is 6.54 Å². The number of aryl methyl sites for hydroxylation is 1. The molecule has 110 valence electrons. The number of rotatable bonds is 4. The zero-order valence-corrected chi connectivity index (χ0v) is 12.8. The van der Waals surface area contributed by atoms with Crippen molar-refractivity contribution >= 4 is 0 Å². The minimum Gasteiger partial charge on any atom is -0.469 e. The van der Waals surface area contributed by atoms with Crippen LogP contribution in [-0.2, 0) is 0 Å². The molecule has 1 aromatic heterocycles. The second kappa shape index (κ2) is 4.62. The van der Waals surface area contributed by atoms with Gasteiger partial charge < -0.3 is 9.73 Å². The van der Waals surface area contributed by atoms with Crippen molar-refractivity contribution < 1.29 is 4.42 Å². The summed E-state index contributed by atoms with van der Waals surface area (Å²) in [7, 11) is 0. The zero-order valence-electron chi connectivity index (χ0n) is 12.8. The molecule has 1 aromatic rings.